The van der Waals surface area contributed by atoms with Crippen LogP contribution < -0.4 is 0 Å². The van der Waals surface area contributed by atoms with Crippen LogP contribution in [0, 0.1) is 13.8 Å². The molecule has 6 heteroatoms. The lowest BCUT2D eigenvalue weighted by molar-refractivity contribution is 0.768. The van der Waals surface area contributed by atoms with E-state index in [1.807, 2.05) is 129 Å². The predicted octanol–water partition coefficient (Wildman–Crippen LogP) is 8.01. The molecule has 0 radical (unpaired) electrons. The number of H-pyrrole nitrogens is 2. The Morgan fingerprint density at radius 2 is 1.23 bits per heavy atom. The molecule has 3 heterocycles. The molecule has 3 aromatic heterocycles. The monoisotopic (exact) mass is 426 g/mol. The summed E-state index contributed by atoms with van der Waals surface area (Å²) in [6.45, 7) is 28.0. The lowest BCUT2D eigenvalue weighted by atomic mass is 10.4. The third-order valence-electron chi connectivity index (χ3n) is 1.91. The lowest BCUT2D eigenvalue weighted by Gasteiger charge is -1.77. The van der Waals surface area contributed by atoms with E-state index in [-0.39, 0.29) is 0 Å². The maximum Gasteiger partial charge on any atom is 0.0516 e. The summed E-state index contributed by atoms with van der Waals surface area (Å²) in [4.78, 5) is 0. The van der Waals surface area contributed by atoms with Crippen molar-refractivity contribution in [3.8, 4) is 0 Å². The molecule has 0 unspecified atom stereocenters. The molecular weight excluding hydrogens is 372 g/mol. The van der Waals surface area contributed by atoms with E-state index in [1.165, 1.54) is 5.56 Å². The lowest BCUT2D eigenvalue weighted by Crippen LogP contribution is -1.83. The normalized spacial score (nSPS) is 6.50. The van der Waals surface area contributed by atoms with Crippen LogP contribution in [0.25, 0.3) is 0 Å². The summed E-state index contributed by atoms with van der Waals surface area (Å²) >= 11 is 0. The highest BCUT2D eigenvalue weighted by molar-refractivity contribution is 4.96. The topological polar surface area (TPSA) is 75.2 Å². The van der Waals surface area contributed by atoms with Gasteiger partial charge in [-0.2, -0.15) is 15.3 Å². The average Bonchev–Trinajstić information content (AvgIpc) is 3.63. The zero-order chi connectivity index (χ0) is 25.2. The number of hydrogen-bond acceptors (Lipinski definition) is 3. The minimum atomic E-state index is 1.11. The molecule has 0 spiro atoms. The molecule has 30 heavy (non-hydrogen) atoms. The van der Waals surface area contributed by atoms with Gasteiger partial charge in [-0.05, 0) is 31.5 Å². The summed E-state index contributed by atoms with van der Waals surface area (Å²) in [6.07, 6.45) is 9.00. The minimum absolute atomic E-state index is 1.11. The molecule has 0 fully saturated rings. The van der Waals surface area contributed by atoms with Crippen molar-refractivity contribution in [3.63, 3.8) is 0 Å². The summed E-state index contributed by atoms with van der Waals surface area (Å²) in [7, 11) is 1.89. The van der Waals surface area contributed by atoms with Crippen molar-refractivity contribution < 1.29 is 0 Å². The van der Waals surface area contributed by atoms with Crippen molar-refractivity contribution in [1.29, 1.82) is 0 Å². The molecule has 3 aromatic rings. The first kappa shape index (κ1) is 41.9. The molecule has 0 aliphatic carbocycles. The van der Waals surface area contributed by atoms with E-state index in [1.54, 1.807) is 23.3 Å². The third kappa shape index (κ3) is 44.8. The Hall–Kier alpha value is -2.37. The summed E-state index contributed by atoms with van der Waals surface area (Å²) in [5, 5.41) is 16.7. The summed E-state index contributed by atoms with van der Waals surface area (Å²) in [5.74, 6) is 0. The highest BCUT2D eigenvalue weighted by atomic mass is 15.2. The van der Waals surface area contributed by atoms with Crippen LogP contribution in [0.4, 0.5) is 0 Å². The Morgan fingerprint density at radius 1 is 0.733 bits per heavy atom. The zero-order valence-electron chi connectivity index (χ0n) is 22.8. The molecular formula is C24H54N6. The molecule has 0 amide bonds. The van der Waals surface area contributed by atoms with Gasteiger partial charge in [0.1, 0.15) is 0 Å². The largest absolute Gasteiger partial charge is 0.285 e. The Balaban J connectivity index is -0.0000000579. The van der Waals surface area contributed by atoms with Gasteiger partial charge < -0.3 is 0 Å². The Morgan fingerprint density at radius 3 is 1.33 bits per heavy atom. The number of aryl methyl sites for hydroxylation is 3. The molecule has 0 aliphatic rings. The van der Waals surface area contributed by atoms with E-state index in [2.05, 4.69) is 25.5 Å². The molecule has 3 rings (SSSR count). The van der Waals surface area contributed by atoms with Gasteiger partial charge in [-0.15, -0.1) is 0 Å². The zero-order valence-corrected chi connectivity index (χ0v) is 22.8. The Bertz CT molecular complexity index is 409. The number of aromatic amines is 2. The second kappa shape index (κ2) is 50.4. The van der Waals surface area contributed by atoms with Gasteiger partial charge in [-0.25, -0.2) is 0 Å². The van der Waals surface area contributed by atoms with Crippen molar-refractivity contribution in [2.45, 2.75) is 96.9 Å². The van der Waals surface area contributed by atoms with Crippen LogP contribution in [-0.4, -0.2) is 30.2 Å². The SMILES string of the molecule is CC.CC.CC.CC.CC.CC.Cc1ccn[nH]1.Cc1cn[nH]c1.Cn1cccn1. The van der Waals surface area contributed by atoms with Gasteiger partial charge in [-0.1, -0.05) is 83.1 Å². The average molecular weight is 427 g/mol. The Labute approximate surface area is 188 Å². The first-order chi connectivity index (χ1) is 14.7. The van der Waals surface area contributed by atoms with Gasteiger partial charge in [-0.3, -0.25) is 14.9 Å². The van der Waals surface area contributed by atoms with Gasteiger partial charge >= 0.3 is 0 Å². The molecule has 0 aliphatic heterocycles. The molecule has 0 bridgehead atoms. The second-order valence-corrected chi connectivity index (χ2v) is 3.70. The molecule has 2 N–H and O–H groups in total. The maximum absolute atomic E-state index is 3.83. The summed E-state index contributed by atoms with van der Waals surface area (Å²) < 4.78 is 1.75. The fourth-order valence-electron chi connectivity index (χ4n) is 0.986. The van der Waals surface area contributed by atoms with Crippen LogP contribution in [0.1, 0.15) is 94.3 Å². The molecule has 0 saturated carbocycles. The van der Waals surface area contributed by atoms with Gasteiger partial charge in [0, 0.05) is 37.5 Å². The van der Waals surface area contributed by atoms with Crippen LogP contribution in [0.15, 0.2) is 43.1 Å². The van der Waals surface area contributed by atoms with Crippen LogP contribution in [0.2, 0.25) is 0 Å². The summed E-state index contributed by atoms with van der Waals surface area (Å²) in [6, 6.07) is 3.81. The van der Waals surface area contributed by atoms with Gasteiger partial charge in [0.25, 0.3) is 0 Å². The Kier molecular flexibility index (Phi) is 70.4. The van der Waals surface area contributed by atoms with Gasteiger partial charge in [0.15, 0.2) is 0 Å². The molecule has 180 valence electrons. The molecule has 0 saturated heterocycles. The van der Waals surface area contributed by atoms with Crippen LogP contribution in [0.3, 0.4) is 0 Å². The maximum atomic E-state index is 3.83. The second-order valence-electron chi connectivity index (χ2n) is 3.70. The number of rotatable bonds is 0. The first-order valence-corrected chi connectivity index (χ1v) is 11.5. The van der Waals surface area contributed by atoms with Crippen LogP contribution >= 0.6 is 0 Å². The first-order valence-electron chi connectivity index (χ1n) is 11.5. The van der Waals surface area contributed by atoms with E-state index < -0.39 is 0 Å². The van der Waals surface area contributed by atoms with E-state index in [0.29, 0.717) is 0 Å². The smallest absolute Gasteiger partial charge is 0.0516 e. The fraction of sp³-hybridized carbons (Fsp3) is 0.625. The number of nitrogens with one attached hydrogen (secondary N) is 2. The summed E-state index contributed by atoms with van der Waals surface area (Å²) in [5.41, 5.74) is 2.28. The minimum Gasteiger partial charge on any atom is -0.285 e. The predicted molar refractivity (Wildman–Crippen MR) is 138 cm³/mol. The standard InChI is InChI=1S/3C4H6N2.6C2H6/c1-4-2-5-6-3-4;1-6-4-2-3-5-6;1-4-2-3-5-6-4;6*1-2/h2-3H,1H3,(H,5,6);2-4H,1H3;2-3H,1H3,(H,5,6);6*1-2H3. The highest BCUT2D eigenvalue weighted by Crippen LogP contribution is 1.84. The molecule has 0 aromatic carbocycles. The van der Waals surface area contributed by atoms with Crippen LogP contribution in [0.5, 0.6) is 0 Å². The number of nitrogens with zero attached hydrogens (tertiary/aromatic N) is 4. The van der Waals surface area contributed by atoms with Crippen molar-refractivity contribution in [3.05, 3.63) is 54.4 Å². The quantitative estimate of drug-likeness (QED) is 0.382. The third-order valence-corrected chi connectivity index (χ3v) is 1.91. The molecule has 0 atom stereocenters. The van der Waals surface area contributed by atoms with Crippen molar-refractivity contribution in [2.75, 3.05) is 0 Å². The van der Waals surface area contributed by atoms with E-state index in [0.717, 1.165) is 5.69 Å². The number of hydrogen-bond donors (Lipinski definition) is 2. The van der Waals surface area contributed by atoms with Gasteiger partial charge in [0.2, 0.25) is 0 Å². The molecule has 6 nitrogen and oxygen atoms in total. The van der Waals surface area contributed by atoms with Crippen molar-refractivity contribution >= 4 is 0 Å². The number of aromatic nitrogens is 6. The van der Waals surface area contributed by atoms with E-state index >= 15 is 0 Å². The van der Waals surface area contributed by atoms with Gasteiger partial charge in [0.05, 0.1) is 6.20 Å². The van der Waals surface area contributed by atoms with E-state index in [9.17, 15) is 0 Å². The highest BCUT2D eigenvalue weighted by Gasteiger charge is 1.74. The van der Waals surface area contributed by atoms with Crippen molar-refractivity contribution in [1.82, 2.24) is 30.2 Å². The van der Waals surface area contributed by atoms with E-state index in [4.69, 9.17) is 0 Å². The fourth-order valence-corrected chi connectivity index (χ4v) is 0.986. The van der Waals surface area contributed by atoms with Crippen LogP contribution in [-0.2, 0) is 7.05 Å². The van der Waals surface area contributed by atoms with Crippen molar-refractivity contribution in [2.24, 2.45) is 7.05 Å².